The van der Waals surface area contributed by atoms with Crippen molar-refractivity contribution in [2.24, 2.45) is 0 Å². The van der Waals surface area contributed by atoms with Gasteiger partial charge in [-0.25, -0.2) is 4.39 Å². The molecule has 5 heteroatoms. The number of amides is 1. The fourth-order valence-corrected chi connectivity index (χ4v) is 1.92. The Morgan fingerprint density at radius 3 is 2.74 bits per heavy atom. The van der Waals surface area contributed by atoms with E-state index in [4.69, 9.17) is 5.73 Å². The molecule has 0 spiro atoms. The summed E-state index contributed by atoms with van der Waals surface area (Å²) in [4.78, 5) is 12.1. The molecule has 2 rings (SSSR count). The smallest absolute Gasteiger partial charge is 0.256 e. The molecule has 3 N–H and O–H groups in total. The van der Waals surface area contributed by atoms with Gasteiger partial charge in [0, 0.05) is 16.9 Å². The van der Waals surface area contributed by atoms with Gasteiger partial charge in [0.25, 0.3) is 5.91 Å². The molecular formula is C14H12BrFN2O. The first-order valence-corrected chi connectivity index (χ1v) is 6.40. The number of hydrogen-bond donors (Lipinski definition) is 2. The fraction of sp³-hybridized carbons (Fsp3) is 0.0714. The first-order valence-electron chi connectivity index (χ1n) is 5.60. The molecule has 0 atom stereocenters. The summed E-state index contributed by atoms with van der Waals surface area (Å²) in [5.74, 6) is -0.742. The third-order valence-electron chi connectivity index (χ3n) is 2.80. The van der Waals surface area contributed by atoms with Crippen LogP contribution in [-0.2, 0) is 0 Å². The van der Waals surface area contributed by atoms with Gasteiger partial charge < -0.3 is 11.1 Å². The van der Waals surface area contributed by atoms with Crippen molar-refractivity contribution < 1.29 is 9.18 Å². The Labute approximate surface area is 118 Å². The lowest BCUT2D eigenvalue weighted by Crippen LogP contribution is -2.14. The number of nitrogens with one attached hydrogen (secondary N) is 1. The van der Waals surface area contributed by atoms with Gasteiger partial charge in [-0.3, -0.25) is 4.79 Å². The van der Waals surface area contributed by atoms with Crippen LogP contribution in [0.2, 0.25) is 0 Å². The van der Waals surface area contributed by atoms with Crippen LogP contribution in [0.15, 0.2) is 40.9 Å². The minimum atomic E-state index is -0.429. The van der Waals surface area contributed by atoms with Crippen molar-refractivity contribution in [3.63, 3.8) is 0 Å². The number of carbonyl (C=O) groups is 1. The number of halogens is 2. The van der Waals surface area contributed by atoms with Gasteiger partial charge >= 0.3 is 0 Å². The third kappa shape index (κ3) is 2.93. The minimum absolute atomic E-state index is 0.313. The van der Waals surface area contributed by atoms with Crippen LogP contribution in [0.25, 0.3) is 0 Å². The summed E-state index contributed by atoms with van der Waals surface area (Å²) >= 11 is 3.06. The van der Waals surface area contributed by atoms with E-state index in [1.54, 1.807) is 31.2 Å². The van der Waals surface area contributed by atoms with Gasteiger partial charge in [0.1, 0.15) is 5.82 Å². The second-order valence-corrected chi connectivity index (χ2v) is 4.96. The molecule has 0 aliphatic rings. The number of nitrogen functional groups attached to an aromatic ring is 1. The molecule has 0 saturated heterocycles. The van der Waals surface area contributed by atoms with Crippen molar-refractivity contribution in [3.05, 3.63) is 57.8 Å². The average Bonchev–Trinajstić information content (AvgIpc) is 2.37. The van der Waals surface area contributed by atoms with Gasteiger partial charge in [0.2, 0.25) is 0 Å². The lowest BCUT2D eigenvalue weighted by molar-refractivity contribution is 0.102. The Kier molecular flexibility index (Phi) is 3.85. The second kappa shape index (κ2) is 5.40. The van der Waals surface area contributed by atoms with Gasteiger partial charge in [-0.2, -0.15) is 0 Å². The van der Waals surface area contributed by atoms with E-state index < -0.39 is 5.82 Å². The topological polar surface area (TPSA) is 55.1 Å². The number of hydrogen-bond acceptors (Lipinski definition) is 2. The number of carbonyl (C=O) groups excluding carboxylic acids is 1. The van der Waals surface area contributed by atoms with E-state index in [-0.39, 0.29) is 5.91 Å². The van der Waals surface area contributed by atoms with E-state index in [0.29, 0.717) is 27.0 Å². The highest BCUT2D eigenvalue weighted by Gasteiger charge is 2.11. The number of anilines is 2. The highest BCUT2D eigenvalue weighted by atomic mass is 79.9. The van der Waals surface area contributed by atoms with Crippen LogP contribution >= 0.6 is 15.9 Å². The normalized spacial score (nSPS) is 10.3. The zero-order valence-electron chi connectivity index (χ0n) is 10.2. The summed E-state index contributed by atoms with van der Waals surface area (Å²) in [6.45, 7) is 1.77. The zero-order chi connectivity index (χ0) is 14.0. The summed E-state index contributed by atoms with van der Waals surface area (Å²) in [5.41, 5.74) is 7.88. The van der Waals surface area contributed by atoms with Gasteiger partial charge in [-0.15, -0.1) is 0 Å². The van der Waals surface area contributed by atoms with Crippen molar-refractivity contribution in [2.45, 2.75) is 6.92 Å². The molecule has 0 fully saturated rings. The summed E-state index contributed by atoms with van der Waals surface area (Å²) < 4.78 is 13.7. The zero-order valence-corrected chi connectivity index (χ0v) is 11.8. The molecule has 0 unspecified atom stereocenters. The first kappa shape index (κ1) is 13.5. The summed E-state index contributed by atoms with van der Waals surface area (Å²) in [6.07, 6.45) is 0. The van der Waals surface area contributed by atoms with Crippen LogP contribution in [0.4, 0.5) is 15.8 Å². The Hall–Kier alpha value is -1.88. The van der Waals surface area contributed by atoms with Crippen LogP contribution in [0.1, 0.15) is 15.9 Å². The molecule has 1 amide bonds. The maximum atomic E-state index is 13.4. The van der Waals surface area contributed by atoms with Gasteiger partial charge in [-0.1, -0.05) is 6.07 Å². The van der Waals surface area contributed by atoms with E-state index in [1.165, 1.54) is 12.1 Å². The average molecular weight is 323 g/mol. The Morgan fingerprint density at radius 2 is 2.05 bits per heavy atom. The molecule has 0 aliphatic carbocycles. The maximum absolute atomic E-state index is 13.4. The van der Waals surface area contributed by atoms with E-state index in [0.717, 1.165) is 0 Å². The monoisotopic (exact) mass is 322 g/mol. The van der Waals surface area contributed by atoms with Crippen molar-refractivity contribution in [3.8, 4) is 0 Å². The molecule has 3 nitrogen and oxygen atoms in total. The number of rotatable bonds is 2. The van der Waals surface area contributed by atoms with E-state index in [2.05, 4.69) is 21.2 Å². The summed E-state index contributed by atoms with van der Waals surface area (Å²) in [7, 11) is 0. The molecule has 2 aromatic rings. The maximum Gasteiger partial charge on any atom is 0.256 e. The van der Waals surface area contributed by atoms with Crippen LogP contribution in [0.5, 0.6) is 0 Å². The lowest BCUT2D eigenvalue weighted by Gasteiger charge is -2.09. The van der Waals surface area contributed by atoms with E-state index in [1.807, 2.05) is 0 Å². The molecule has 0 bridgehead atoms. The molecule has 0 saturated carbocycles. The highest BCUT2D eigenvalue weighted by Crippen LogP contribution is 2.21. The highest BCUT2D eigenvalue weighted by molar-refractivity contribution is 9.10. The van der Waals surface area contributed by atoms with E-state index >= 15 is 0 Å². The number of benzene rings is 2. The molecule has 0 heterocycles. The van der Waals surface area contributed by atoms with Gasteiger partial charge in [0.05, 0.1) is 4.47 Å². The van der Waals surface area contributed by atoms with Gasteiger partial charge in [0.15, 0.2) is 0 Å². The minimum Gasteiger partial charge on any atom is -0.398 e. The van der Waals surface area contributed by atoms with Crippen molar-refractivity contribution in [2.75, 3.05) is 11.1 Å². The molecule has 0 radical (unpaired) electrons. The Balaban J connectivity index is 2.26. The SMILES string of the molecule is Cc1c(N)cccc1C(=O)Nc1ccc(Br)c(F)c1. The Morgan fingerprint density at radius 1 is 1.32 bits per heavy atom. The fourth-order valence-electron chi connectivity index (χ4n) is 1.67. The molecule has 0 aromatic heterocycles. The van der Waals surface area contributed by atoms with Crippen molar-refractivity contribution in [1.29, 1.82) is 0 Å². The van der Waals surface area contributed by atoms with Gasteiger partial charge in [-0.05, 0) is 58.7 Å². The largest absolute Gasteiger partial charge is 0.398 e. The van der Waals surface area contributed by atoms with E-state index in [9.17, 15) is 9.18 Å². The standard InChI is InChI=1S/C14H12BrFN2O/c1-8-10(3-2-4-13(8)17)14(19)18-9-5-6-11(15)12(16)7-9/h2-7H,17H2,1H3,(H,18,19). The molecular weight excluding hydrogens is 311 g/mol. The van der Waals surface area contributed by atoms with Crippen LogP contribution in [-0.4, -0.2) is 5.91 Å². The second-order valence-electron chi connectivity index (χ2n) is 4.10. The molecule has 19 heavy (non-hydrogen) atoms. The van der Waals surface area contributed by atoms with Crippen molar-refractivity contribution >= 4 is 33.2 Å². The number of nitrogens with two attached hydrogens (primary N) is 1. The molecule has 2 aromatic carbocycles. The molecule has 0 aliphatic heterocycles. The summed E-state index contributed by atoms with van der Waals surface area (Å²) in [5, 5.41) is 2.64. The summed E-state index contributed by atoms with van der Waals surface area (Å²) in [6, 6.07) is 9.52. The quantitative estimate of drug-likeness (QED) is 0.828. The third-order valence-corrected chi connectivity index (χ3v) is 3.44. The molecule has 98 valence electrons. The predicted octanol–water partition coefficient (Wildman–Crippen LogP) is 3.73. The van der Waals surface area contributed by atoms with Crippen LogP contribution in [0.3, 0.4) is 0 Å². The predicted molar refractivity (Wildman–Crippen MR) is 77.6 cm³/mol. The van der Waals surface area contributed by atoms with Crippen LogP contribution in [0, 0.1) is 12.7 Å². The first-order chi connectivity index (χ1) is 8.99. The lowest BCUT2D eigenvalue weighted by atomic mass is 10.1. The van der Waals surface area contributed by atoms with Crippen molar-refractivity contribution in [1.82, 2.24) is 0 Å². The van der Waals surface area contributed by atoms with Crippen LogP contribution < -0.4 is 11.1 Å². The Bertz CT molecular complexity index is 643.